The Bertz CT molecular complexity index is 1180. The third kappa shape index (κ3) is 3.73. The first-order chi connectivity index (χ1) is 13.8. The monoisotopic (exact) mass is 389 g/mol. The molecule has 0 saturated heterocycles. The van der Waals surface area contributed by atoms with Crippen LogP contribution in [0.1, 0.15) is 32.2 Å². The molecule has 0 atom stereocenters. The molecule has 8 nitrogen and oxygen atoms in total. The van der Waals surface area contributed by atoms with Crippen LogP contribution in [0.3, 0.4) is 0 Å². The SMILES string of the molecule is COc1cccc2c(-c3cn(Cc4cccc(C(C)(C)C)n4)nn3)nc(N)nc12. The number of methoxy groups -OCH3 is 1. The third-order valence-electron chi connectivity index (χ3n) is 4.61. The molecule has 1 aromatic carbocycles. The maximum absolute atomic E-state index is 5.93. The first kappa shape index (κ1) is 18.8. The minimum atomic E-state index is -0.0139. The topological polar surface area (TPSA) is 105 Å². The van der Waals surface area contributed by atoms with E-state index in [-0.39, 0.29) is 11.4 Å². The summed E-state index contributed by atoms with van der Waals surface area (Å²) in [6.07, 6.45) is 1.84. The van der Waals surface area contributed by atoms with E-state index in [1.807, 2.05) is 42.6 Å². The highest BCUT2D eigenvalue weighted by Gasteiger charge is 2.17. The molecular formula is C21H23N7O. The van der Waals surface area contributed by atoms with E-state index < -0.39 is 0 Å². The minimum absolute atomic E-state index is 0.0139. The summed E-state index contributed by atoms with van der Waals surface area (Å²) in [6.45, 7) is 6.95. The van der Waals surface area contributed by atoms with E-state index in [4.69, 9.17) is 15.5 Å². The molecule has 29 heavy (non-hydrogen) atoms. The molecule has 0 aliphatic carbocycles. The molecule has 0 radical (unpaired) electrons. The number of anilines is 1. The smallest absolute Gasteiger partial charge is 0.221 e. The van der Waals surface area contributed by atoms with Crippen molar-refractivity contribution in [2.75, 3.05) is 12.8 Å². The highest BCUT2D eigenvalue weighted by atomic mass is 16.5. The van der Waals surface area contributed by atoms with Gasteiger partial charge in [0, 0.05) is 16.5 Å². The Balaban J connectivity index is 1.70. The molecule has 3 aromatic heterocycles. The van der Waals surface area contributed by atoms with Gasteiger partial charge in [-0.3, -0.25) is 4.98 Å². The van der Waals surface area contributed by atoms with Gasteiger partial charge in [-0.15, -0.1) is 5.10 Å². The summed E-state index contributed by atoms with van der Waals surface area (Å²) in [4.78, 5) is 13.5. The Morgan fingerprint density at radius 3 is 2.59 bits per heavy atom. The summed E-state index contributed by atoms with van der Waals surface area (Å²) in [7, 11) is 1.60. The molecule has 0 bridgehead atoms. The number of ether oxygens (including phenoxy) is 1. The van der Waals surface area contributed by atoms with Gasteiger partial charge in [0.15, 0.2) is 0 Å². The molecule has 8 heteroatoms. The second-order valence-corrected chi connectivity index (χ2v) is 7.85. The van der Waals surface area contributed by atoms with Crippen LogP contribution in [0.2, 0.25) is 0 Å². The van der Waals surface area contributed by atoms with E-state index in [2.05, 4.69) is 41.1 Å². The van der Waals surface area contributed by atoms with Gasteiger partial charge >= 0.3 is 0 Å². The van der Waals surface area contributed by atoms with Crippen LogP contribution in [0.5, 0.6) is 5.75 Å². The Morgan fingerprint density at radius 2 is 1.83 bits per heavy atom. The fraction of sp³-hybridized carbons (Fsp3) is 0.286. The number of nitrogens with zero attached hydrogens (tertiary/aromatic N) is 6. The van der Waals surface area contributed by atoms with Gasteiger partial charge in [-0.05, 0) is 18.2 Å². The first-order valence-corrected chi connectivity index (χ1v) is 9.32. The lowest BCUT2D eigenvalue weighted by molar-refractivity contribution is 0.419. The van der Waals surface area contributed by atoms with Crippen molar-refractivity contribution < 1.29 is 4.74 Å². The van der Waals surface area contributed by atoms with Crippen molar-refractivity contribution in [1.82, 2.24) is 29.9 Å². The van der Waals surface area contributed by atoms with Crippen LogP contribution >= 0.6 is 0 Å². The summed E-state index contributed by atoms with van der Waals surface area (Å²) in [6, 6.07) is 11.7. The summed E-state index contributed by atoms with van der Waals surface area (Å²) in [5.41, 5.74) is 9.75. The zero-order valence-corrected chi connectivity index (χ0v) is 16.9. The molecule has 0 aliphatic heterocycles. The Kier molecular flexibility index (Phi) is 4.62. The van der Waals surface area contributed by atoms with Gasteiger partial charge in [0.05, 0.1) is 25.5 Å². The van der Waals surface area contributed by atoms with E-state index in [1.54, 1.807) is 11.8 Å². The number of rotatable bonds is 4. The molecule has 0 fully saturated rings. The molecule has 0 aliphatic rings. The number of benzene rings is 1. The van der Waals surface area contributed by atoms with Crippen molar-refractivity contribution in [2.24, 2.45) is 0 Å². The molecule has 3 heterocycles. The Hall–Kier alpha value is -3.55. The van der Waals surface area contributed by atoms with Crippen molar-refractivity contribution >= 4 is 16.9 Å². The average Bonchev–Trinajstić information content (AvgIpc) is 3.14. The number of aromatic nitrogens is 6. The normalized spacial score (nSPS) is 11.7. The van der Waals surface area contributed by atoms with Crippen molar-refractivity contribution in [2.45, 2.75) is 32.7 Å². The van der Waals surface area contributed by atoms with Crippen molar-refractivity contribution in [1.29, 1.82) is 0 Å². The van der Waals surface area contributed by atoms with Crippen LogP contribution in [0, 0.1) is 0 Å². The molecular weight excluding hydrogens is 366 g/mol. The standard InChI is InChI=1S/C21H23N7O/c1-21(2,3)17-10-5-7-13(23-17)11-28-12-15(26-27-28)18-14-8-6-9-16(29-4)19(14)25-20(22)24-18/h5-10,12H,11H2,1-4H3,(H2,22,24,25). The largest absolute Gasteiger partial charge is 0.494 e. The molecule has 0 saturated carbocycles. The predicted molar refractivity (Wildman–Crippen MR) is 112 cm³/mol. The van der Waals surface area contributed by atoms with Crippen LogP contribution in [0.25, 0.3) is 22.3 Å². The predicted octanol–water partition coefficient (Wildman–Crippen LogP) is 3.22. The molecule has 2 N–H and O–H groups in total. The minimum Gasteiger partial charge on any atom is -0.494 e. The zero-order chi connectivity index (χ0) is 20.6. The summed E-state index contributed by atoms with van der Waals surface area (Å²) in [5, 5.41) is 9.36. The summed E-state index contributed by atoms with van der Waals surface area (Å²) >= 11 is 0. The molecule has 0 spiro atoms. The third-order valence-corrected chi connectivity index (χ3v) is 4.61. The van der Waals surface area contributed by atoms with Gasteiger partial charge in [0.2, 0.25) is 5.95 Å². The maximum Gasteiger partial charge on any atom is 0.221 e. The van der Waals surface area contributed by atoms with Gasteiger partial charge < -0.3 is 10.5 Å². The highest BCUT2D eigenvalue weighted by Crippen LogP contribution is 2.30. The fourth-order valence-electron chi connectivity index (χ4n) is 3.14. The van der Waals surface area contributed by atoms with Gasteiger partial charge in [-0.1, -0.05) is 44.2 Å². The Labute approximate surface area is 168 Å². The number of para-hydroxylation sites is 1. The van der Waals surface area contributed by atoms with E-state index >= 15 is 0 Å². The number of fused-ring (bicyclic) bond motifs is 1. The lowest BCUT2D eigenvalue weighted by Gasteiger charge is -2.18. The number of hydrogen-bond donors (Lipinski definition) is 1. The van der Waals surface area contributed by atoms with E-state index in [0.29, 0.717) is 29.2 Å². The number of pyridine rings is 1. The Morgan fingerprint density at radius 1 is 1.03 bits per heavy atom. The number of hydrogen-bond acceptors (Lipinski definition) is 7. The van der Waals surface area contributed by atoms with Crippen LogP contribution in [0.15, 0.2) is 42.6 Å². The van der Waals surface area contributed by atoms with Gasteiger partial charge in [0.1, 0.15) is 22.7 Å². The zero-order valence-electron chi connectivity index (χ0n) is 16.9. The number of nitrogen functional groups attached to an aromatic ring is 1. The molecule has 4 rings (SSSR count). The second-order valence-electron chi connectivity index (χ2n) is 7.85. The summed E-state index contributed by atoms with van der Waals surface area (Å²) in [5.74, 6) is 0.791. The van der Waals surface area contributed by atoms with Gasteiger partial charge in [-0.2, -0.15) is 0 Å². The van der Waals surface area contributed by atoms with E-state index in [0.717, 1.165) is 16.8 Å². The first-order valence-electron chi connectivity index (χ1n) is 9.32. The molecule has 148 valence electrons. The summed E-state index contributed by atoms with van der Waals surface area (Å²) < 4.78 is 7.15. The van der Waals surface area contributed by atoms with E-state index in [1.165, 1.54) is 0 Å². The molecule has 0 amide bonds. The number of nitrogens with two attached hydrogens (primary N) is 1. The maximum atomic E-state index is 5.93. The van der Waals surface area contributed by atoms with Crippen LogP contribution < -0.4 is 10.5 Å². The van der Waals surface area contributed by atoms with Crippen LogP contribution in [-0.2, 0) is 12.0 Å². The van der Waals surface area contributed by atoms with Crippen molar-refractivity contribution in [3.05, 3.63) is 54.0 Å². The van der Waals surface area contributed by atoms with Crippen LogP contribution in [-0.4, -0.2) is 37.1 Å². The lowest BCUT2D eigenvalue weighted by atomic mass is 9.91. The average molecular weight is 389 g/mol. The molecule has 4 aromatic rings. The molecule has 0 unspecified atom stereocenters. The highest BCUT2D eigenvalue weighted by molar-refractivity contribution is 5.95. The lowest BCUT2D eigenvalue weighted by Crippen LogP contribution is -2.15. The van der Waals surface area contributed by atoms with Crippen LogP contribution in [0.4, 0.5) is 5.95 Å². The van der Waals surface area contributed by atoms with Crippen molar-refractivity contribution in [3.8, 4) is 17.1 Å². The van der Waals surface area contributed by atoms with Crippen molar-refractivity contribution in [3.63, 3.8) is 0 Å². The van der Waals surface area contributed by atoms with E-state index in [9.17, 15) is 0 Å². The quantitative estimate of drug-likeness (QED) is 0.571. The fourth-order valence-corrected chi connectivity index (χ4v) is 3.14. The van der Waals surface area contributed by atoms with Gasteiger partial charge in [-0.25, -0.2) is 14.6 Å². The van der Waals surface area contributed by atoms with Gasteiger partial charge in [0.25, 0.3) is 0 Å². The second kappa shape index (κ2) is 7.12.